The van der Waals surface area contributed by atoms with Gasteiger partial charge >= 0.3 is 0 Å². The summed E-state index contributed by atoms with van der Waals surface area (Å²) < 4.78 is 3.42. The second-order valence-corrected chi connectivity index (χ2v) is 10.1. The summed E-state index contributed by atoms with van der Waals surface area (Å²) in [5.74, 6) is -0.00679. The predicted octanol–water partition coefficient (Wildman–Crippen LogP) is 2.56. The molecule has 9 nitrogen and oxygen atoms in total. The standard InChI is InChI=1S/C26H29N5O4/c1-26(2,35)15-30-14-21(31-12-11-18(32)13-22(30)31)25(34)27-17-9-7-16(8-10-17)23-19-5-3-4-6-20(19)24(33)29-28-23/h3-6,11-14,16-17,35H,7-10,15H2,1-2H3,(H,27,34)(H,29,33). The molecule has 4 aromatic rings. The Morgan fingerprint density at radius 1 is 1.14 bits per heavy atom. The molecular formula is C26H29N5O4. The highest BCUT2D eigenvalue weighted by Crippen LogP contribution is 2.34. The Hall–Kier alpha value is -3.72. The van der Waals surface area contributed by atoms with E-state index in [-0.39, 0.29) is 35.4 Å². The molecule has 0 spiro atoms. The monoisotopic (exact) mass is 475 g/mol. The van der Waals surface area contributed by atoms with Crippen molar-refractivity contribution in [1.82, 2.24) is 24.5 Å². The number of aliphatic hydroxyl groups is 1. The van der Waals surface area contributed by atoms with Gasteiger partial charge in [0.2, 0.25) is 0 Å². The van der Waals surface area contributed by atoms with Crippen LogP contribution in [0.2, 0.25) is 0 Å². The smallest absolute Gasteiger partial charge is 0.272 e. The first-order valence-electron chi connectivity index (χ1n) is 11.9. The summed E-state index contributed by atoms with van der Waals surface area (Å²) in [4.78, 5) is 37.3. The topological polar surface area (TPSA) is 121 Å². The Morgan fingerprint density at radius 2 is 1.86 bits per heavy atom. The minimum absolute atomic E-state index is 0.0137. The maximum atomic E-state index is 13.2. The van der Waals surface area contributed by atoms with Crippen LogP contribution in [0.1, 0.15) is 61.6 Å². The molecule has 0 aliphatic heterocycles. The summed E-state index contributed by atoms with van der Waals surface area (Å²) in [5.41, 5.74) is 0.537. The molecule has 0 bridgehead atoms. The molecule has 182 valence electrons. The van der Waals surface area contributed by atoms with E-state index in [1.807, 2.05) is 24.3 Å². The minimum Gasteiger partial charge on any atom is -0.389 e. The average Bonchev–Trinajstić information content (AvgIpc) is 3.16. The van der Waals surface area contributed by atoms with Crippen LogP contribution in [0.3, 0.4) is 0 Å². The van der Waals surface area contributed by atoms with Crippen molar-refractivity contribution < 1.29 is 9.90 Å². The molecule has 5 rings (SSSR count). The van der Waals surface area contributed by atoms with Gasteiger partial charge in [-0.15, -0.1) is 0 Å². The Balaban J connectivity index is 1.32. The quantitative estimate of drug-likeness (QED) is 0.410. The first kappa shape index (κ1) is 23.0. The fraction of sp³-hybridized carbons (Fsp3) is 0.385. The van der Waals surface area contributed by atoms with Crippen LogP contribution < -0.4 is 16.3 Å². The largest absolute Gasteiger partial charge is 0.389 e. The van der Waals surface area contributed by atoms with Crippen LogP contribution in [0.4, 0.5) is 0 Å². The summed E-state index contributed by atoms with van der Waals surface area (Å²) >= 11 is 0. The van der Waals surface area contributed by atoms with Crippen molar-refractivity contribution >= 4 is 22.3 Å². The highest BCUT2D eigenvalue weighted by atomic mass is 16.3. The van der Waals surface area contributed by atoms with E-state index in [0.29, 0.717) is 16.7 Å². The molecule has 0 radical (unpaired) electrons. The van der Waals surface area contributed by atoms with Gasteiger partial charge < -0.3 is 15.0 Å². The molecule has 1 aromatic carbocycles. The number of carbonyl (C=O) groups excluding carboxylic acids is 1. The van der Waals surface area contributed by atoms with Gasteiger partial charge in [-0.25, -0.2) is 5.10 Å². The Labute approximate surface area is 201 Å². The van der Waals surface area contributed by atoms with Crippen molar-refractivity contribution in [2.75, 3.05) is 0 Å². The third-order valence-electron chi connectivity index (χ3n) is 6.70. The number of H-pyrrole nitrogens is 1. The van der Waals surface area contributed by atoms with Crippen molar-refractivity contribution in [2.24, 2.45) is 0 Å². The number of fused-ring (bicyclic) bond motifs is 2. The van der Waals surface area contributed by atoms with Crippen molar-refractivity contribution in [2.45, 2.75) is 63.6 Å². The second-order valence-electron chi connectivity index (χ2n) is 10.1. The van der Waals surface area contributed by atoms with E-state index >= 15 is 0 Å². The Kier molecular flexibility index (Phi) is 5.80. The van der Waals surface area contributed by atoms with Gasteiger partial charge in [0.05, 0.1) is 23.2 Å². The number of aromatic amines is 1. The fourth-order valence-corrected chi connectivity index (χ4v) is 5.10. The van der Waals surface area contributed by atoms with Gasteiger partial charge in [0.1, 0.15) is 11.3 Å². The molecule has 0 saturated heterocycles. The van der Waals surface area contributed by atoms with Crippen molar-refractivity contribution in [3.8, 4) is 0 Å². The second kappa shape index (κ2) is 8.81. The van der Waals surface area contributed by atoms with Crippen LogP contribution in [-0.4, -0.2) is 41.8 Å². The Bertz CT molecular complexity index is 1520. The zero-order chi connectivity index (χ0) is 24.7. The van der Waals surface area contributed by atoms with Gasteiger partial charge in [-0.2, -0.15) is 5.10 Å². The summed E-state index contributed by atoms with van der Waals surface area (Å²) in [6, 6.07) is 10.4. The summed E-state index contributed by atoms with van der Waals surface area (Å²) in [7, 11) is 0. The zero-order valence-corrected chi connectivity index (χ0v) is 19.8. The molecule has 1 aliphatic carbocycles. The molecule has 0 atom stereocenters. The number of hydrogen-bond donors (Lipinski definition) is 3. The number of amides is 1. The maximum absolute atomic E-state index is 13.2. The number of pyridine rings is 1. The van der Waals surface area contributed by atoms with E-state index in [1.165, 1.54) is 12.1 Å². The lowest BCUT2D eigenvalue weighted by atomic mass is 9.82. The molecule has 1 saturated carbocycles. The normalized spacial score (nSPS) is 18.7. The fourth-order valence-electron chi connectivity index (χ4n) is 5.10. The highest BCUT2D eigenvalue weighted by Gasteiger charge is 2.27. The molecule has 35 heavy (non-hydrogen) atoms. The first-order valence-corrected chi connectivity index (χ1v) is 11.9. The molecular weight excluding hydrogens is 446 g/mol. The molecule has 1 fully saturated rings. The van der Waals surface area contributed by atoms with E-state index in [4.69, 9.17) is 0 Å². The van der Waals surface area contributed by atoms with E-state index in [0.717, 1.165) is 36.8 Å². The van der Waals surface area contributed by atoms with Crippen LogP contribution in [0.5, 0.6) is 0 Å². The highest BCUT2D eigenvalue weighted by molar-refractivity contribution is 5.93. The molecule has 3 heterocycles. The average molecular weight is 476 g/mol. The number of imidazole rings is 1. The molecule has 1 amide bonds. The number of hydrogen-bond acceptors (Lipinski definition) is 5. The Morgan fingerprint density at radius 3 is 2.57 bits per heavy atom. The lowest BCUT2D eigenvalue weighted by Crippen LogP contribution is -2.38. The van der Waals surface area contributed by atoms with Crippen molar-refractivity contribution in [1.29, 1.82) is 0 Å². The first-order chi connectivity index (χ1) is 16.7. The molecule has 3 N–H and O–H groups in total. The van der Waals surface area contributed by atoms with Gasteiger partial charge in [-0.3, -0.25) is 18.8 Å². The van der Waals surface area contributed by atoms with E-state index in [1.54, 1.807) is 35.2 Å². The van der Waals surface area contributed by atoms with E-state index in [2.05, 4.69) is 15.5 Å². The third kappa shape index (κ3) is 4.64. The van der Waals surface area contributed by atoms with Crippen LogP contribution >= 0.6 is 0 Å². The zero-order valence-electron chi connectivity index (χ0n) is 19.8. The summed E-state index contributed by atoms with van der Waals surface area (Å²) in [6.07, 6.45) is 6.57. The van der Waals surface area contributed by atoms with Gasteiger partial charge in [-0.1, -0.05) is 18.2 Å². The molecule has 9 heteroatoms. The van der Waals surface area contributed by atoms with Crippen LogP contribution in [0, 0.1) is 0 Å². The van der Waals surface area contributed by atoms with E-state index < -0.39 is 5.60 Å². The number of benzene rings is 1. The minimum atomic E-state index is -1.00. The van der Waals surface area contributed by atoms with Gasteiger partial charge in [0.15, 0.2) is 5.43 Å². The lowest BCUT2D eigenvalue weighted by molar-refractivity contribution is 0.0626. The predicted molar refractivity (Wildman–Crippen MR) is 133 cm³/mol. The summed E-state index contributed by atoms with van der Waals surface area (Å²) in [6.45, 7) is 3.62. The number of aromatic nitrogens is 4. The molecule has 1 aliphatic rings. The number of rotatable bonds is 5. The summed E-state index contributed by atoms with van der Waals surface area (Å²) in [5, 5.41) is 21.9. The van der Waals surface area contributed by atoms with Crippen LogP contribution in [0.25, 0.3) is 16.4 Å². The number of nitrogens with one attached hydrogen (secondary N) is 2. The third-order valence-corrected chi connectivity index (χ3v) is 6.70. The van der Waals surface area contributed by atoms with Gasteiger partial charge in [0.25, 0.3) is 11.5 Å². The van der Waals surface area contributed by atoms with Crippen molar-refractivity contribution in [3.05, 3.63) is 80.8 Å². The van der Waals surface area contributed by atoms with Crippen LogP contribution in [-0.2, 0) is 6.54 Å². The SMILES string of the molecule is CC(C)(O)Cn1cc(C(=O)NC2CCC(c3n[nH]c(=O)c4ccccc34)CC2)n2ccc(=O)cc12. The molecule has 3 aromatic heterocycles. The number of carbonyl (C=O) groups is 1. The molecule has 0 unspecified atom stereocenters. The van der Waals surface area contributed by atoms with Gasteiger partial charge in [-0.05, 0) is 45.6 Å². The van der Waals surface area contributed by atoms with Crippen molar-refractivity contribution in [3.63, 3.8) is 0 Å². The lowest BCUT2D eigenvalue weighted by Gasteiger charge is -2.29. The number of nitrogens with zero attached hydrogens (tertiary/aromatic N) is 3. The van der Waals surface area contributed by atoms with Crippen LogP contribution in [0.15, 0.2) is 58.4 Å². The maximum Gasteiger partial charge on any atom is 0.272 e. The van der Waals surface area contributed by atoms with E-state index in [9.17, 15) is 19.5 Å². The van der Waals surface area contributed by atoms with Gasteiger partial charge in [0, 0.05) is 41.9 Å².